The number of alkyl halides is 6. The SMILES string of the molecule is FC(F)(F)Oc1cccc([C@@]2(CCNCc3cnccc3C(F)(F)F)CCOC3(CCCC3)C2)c1. The lowest BCUT2D eigenvalue weighted by atomic mass is 9.66. The van der Waals surface area contributed by atoms with E-state index in [0.717, 1.165) is 43.5 Å². The third kappa shape index (κ3) is 6.27. The van der Waals surface area contributed by atoms with Crippen molar-refractivity contribution in [1.29, 1.82) is 0 Å². The molecule has 0 amide bonds. The third-order valence-electron chi connectivity index (χ3n) is 7.15. The summed E-state index contributed by atoms with van der Waals surface area (Å²) in [5.74, 6) is -0.278. The Bertz CT molecular complexity index is 1000. The van der Waals surface area contributed by atoms with Crippen molar-refractivity contribution in [3.05, 3.63) is 59.4 Å². The van der Waals surface area contributed by atoms with Crippen LogP contribution in [-0.2, 0) is 22.9 Å². The van der Waals surface area contributed by atoms with Gasteiger partial charge in [-0.25, -0.2) is 0 Å². The normalized spacial score (nSPS) is 22.5. The minimum absolute atomic E-state index is 0.0162. The number of nitrogens with one attached hydrogen (secondary N) is 1. The van der Waals surface area contributed by atoms with Crippen LogP contribution in [0.3, 0.4) is 0 Å². The molecule has 1 saturated heterocycles. The van der Waals surface area contributed by atoms with Crippen molar-refractivity contribution in [2.24, 2.45) is 0 Å². The monoisotopic (exact) mass is 502 g/mol. The van der Waals surface area contributed by atoms with Crippen molar-refractivity contribution >= 4 is 0 Å². The molecule has 2 heterocycles. The van der Waals surface area contributed by atoms with E-state index in [9.17, 15) is 26.3 Å². The van der Waals surface area contributed by atoms with Gasteiger partial charge in [-0.05, 0) is 68.0 Å². The second-order valence-electron chi connectivity index (χ2n) is 9.48. The van der Waals surface area contributed by atoms with E-state index in [4.69, 9.17) is 4.74 Å². The number of hydrogen-bond acceptors (Lipinski definition) is 4. The van der Waals surface area contributed by atoms with Gasteiger partial charge in [0, 0.05) is 31.0 Å². The van der Waals surface area contributed by atoms with E-state index in [1.165, 1.54) is 18.3 Å². The molecule has 2 fully saturated rings. The number of hydrogen-bond donors (Lipinski definition) is 1. The minimum Gasteiger partial charge on any atom is -0.406 e. The summed E-state index contributed by atoms with van der Waals surface area (Å²) in [6, 6.07) is 7.01. The Balaban J connectivity index is 1.53. The van der Waals surface area contributed by atoms with Gasteiger partial charge in [0.15, 0.2) is 0 Å². The molecule has 1 spiro atoms. The number of ether oxygens (including phenoxy) is 2. The highest BCUT2D eigenvalue weighted by molar-refractivity contribution is 5.35. The van der Waals surface area contributed by atoms with Crippen molar-refractivity contribution in [2.45, 2.75) is 75.0 Å². The maximum Gasteiger partial charge on any atom is 0.573 e. The van der Waals surface area contributed by atoms with E-state index in [2.05, 4.69) is 15.0 Å². The smallest absolute Gasteiger partial charge is 0.406 e. The van der Waals surface area contributed by atoms with E-state index in [0.29, 0.717) is 32.4 Å². The van der Waals surface area contributed by atoms with Crippen molar-refractivity contribution in [2.75, 3.05) is 13.2 Å². The molecule has 0 bridgehead atoms. The second kappa shape index (κ2) is 9.97. The summed E-state index contributed by atoms with van der Waals surface area (Å²) >= 11 is 0. The fraction of sp³-hybridized carbons (Fsp3) is 0.560. The Hall–Kier alpha value is -2.33. The summed E-state index contributed by atoms with van der Waals surface area (Å²) in [6.07, 6.45) is -1.31. The van der Waals surface area contributed by atoms with Crippen LogP contribution >= 0.6 is 0 Å². The van der Waals surface area contributed by atoms with E-state index in [1.54, 1.807) is 12.1 Å². The molecule has 1 saturated carbocycles. The highest BCUT2D eigenvalue weighted by Crippen LogP contribution is 2.50. The van der Waals surface area contributed by atoms with Gasteiger partial charge in [0.05, 0.1) is 11.2 Å². The number of pyridine rings is 1. The van der Waals surface area contributed by atoms with Crippen molar-refractivity contribution in [3.63, 3.8) is 0 Å². The van der Waals surface area contributed by atoms with Gasteiger partial charge >= 0.3 is 12.5 Å². The predicted octanol–water partition coefficient (Wildman–Crippen LogP) is 6.54. The molecule has 192 valence electrons. The van der Waals surface area contributed by atoms with Crippen molar-refractivity contribution < 1.29 is 35.8 Å². The quantitative estimate of drug-likeness (QED) is 0.345. The lowest BCUT2D eigenvalue weighted by molar-refractivity contribution is -0.274. The number of halogens is 6. The van der Waals surface area contributed by atoms with Gasteiger partial charge in [-0.15, -0.1) is 13.2 Å². The lowest BCUT2D eigenvalue weighted by Gasteiger charge is -2.47. The summed E-state index contributed by atoms with van der Waals surface area (Å²) in [5, 5.41) is 3.10. The summed E-state index contributed by atoms with van der Waals surface area (Å²) in [4.78, 5) is 3.81. The Labute approximate surface area is 200 Å². The molecule has 1 aromatic heterocycles. The molecule has 2 aliphatic rings. The first-order valence-corrected chi connectivity index (χ1v) is 11.7. The van der Waals surface area contributed by atoms with E-state index < -0.39 is 23.5 Å². The fourth-order valence-electron chi connectivity index (χ4n) is 5.58. The Morgan fingerprint density at radius 1 is 1.03 bits per heavy atom. The largest absolute Gasteiger partial charge is 0.573 e. The molecule has 0 radical (unpaired) electrons. The van der Waals surface area contributed by atoms with Crippen LogP contribution in [0.2, 0.25) is 0 Å². The first kappa shape index (κ1) is 25.8. The van der Waals surface area contributed by atoms with Gasteiger partial charge in [-0.2, -0.15) is 13.2 Å². The molecular formula is C25H28F6N2O2. The summed E-state index contributed by atoms with van der Waals surface area (Å²) in [6.45, 7) is 0.843. The maximum atomic E-state index is 13.3. The number of aromatic nitrogens is 1. The Morgan fingerprint density at radius 3 is 2.51 bits per heavy atom. The molecule has 1 aromatic carbocycles. The third-order valence-corrected chi connectivity index (χ3v) is 7.15. The molecule has 4 nitrogen and oxygen atoms in total. The van der Waals surface area contributed by atoms with Crippen LogP contribution in [0.5, 0.6) is 5.75 Å². The molecular weight excluding hydrogens is 474 g/mol. The maximum absolute atomic E-state index is 13.3. The molecule has 4 rings (SSSR count). The van der Waals surface area contributed by atoms with Gasteiger partial charge in [0.1, 0.15) is 5.75 Å². The van der Waals surface area contributed by atoms with Gasteiger partial charge in [-0.3, -0.25) is 4.98 Å². The molecule has 1 aliphatic heterocycles. The van der Waals surface area contributed by atoms with Crippen LogP contribution < -0.4 is 10.1 Å². The number of rotatable bonds is 7. The molecule has 1 N–H and O–H groups in total. The highest BCUT2D eigenvalue weighted by Gasteiger charge is 2.48. The standard InChI is InChI=1S/C25H28F6N2O2/c26-24(27,28)21-6-11-32-15-18(21)16-33-12-9-22(10-13-34-23(17-22)7-1-2-8-23)19-4-3-5-20(14-19)35-25(29,30)31/h3-6,11,14-15,33H,1-2,7-10,12-13,16-17H2/t22-/m0/s1. The van der Waals surface area contributed by atoms with E-state index >= 15 is 0 Å². The first-order chi connectivity index (χ1) is 16.5. The van der Waals surface area contributed by atoms with Crippen LogP contribution in [0.15, 0.2) is 42.7 Å². The molecule has 2 aromatic rings. The van der Waals surface area contributed by atoms with Crippen LogP contribution in [0.1, 0.15) is 61.6 Å². The van der Waals surface area contributed by atoms with Crippen LogP contribution in [0, 0.1) is 0 Å². The average Bonchev–Trinajstić information content (AvgIpc) is 3.22. The highest BCUT2D eigenvalue weighted by atomic mass is 19.4. The number of benzene rings is 1. The topological polar surface area (TPSA) is 43.4 Å². The Morgan fingerprint density at radius 2 is 1.80 bits per heavy atom. The molecule has 35 heavy (non-hydrogen) atoms. The minimum atomic E-state index is -4.80. The summed E-state index contributed by atoms with van der Waals surface area (Å²) in [5.41, 5.74) is -0.751. The van der Waals surface area contributed by atoms with E-state index in [1.807, 2.05) is 0 Å². The summed E-state index contributed by atoms with van der Waals surface area (Å²) in [7, 11) is 0. The molecule has 1 aliphatic carbocycles. The fourth-order valence-corrected chi connectivity index (χ4v) is 5.58. The summed E-state index contributed by atoms with van der Waals surface area (Å²) < 4.78 is 88.7. The van der Waals surface area contributed by atoms with Gasteiger partial charge in [0.25, 0.3) is 0 Å². The zero-order valence-electron chi connectivity index (χ0n) is 19.1. The molecule has 10 heteroatoms. The van der Waals surface area contributed by atoms with Gasteiger partial charge < -0.3 is 14.8 Å². The zero-order valence-corrected chi connectivity index (χ0v) is 19.1. The van der Waals surface area contributed by atoms with Crippen LogP contribution in [0.25, 0.3) is 0 Å². The zero-order chi connectivity index (χ0) is 25.2. The average molecular weight is 502 g/mol. The predicted molar refractivity (Wildman–Crippen MR) is 117 cm³/mol. The second-order valence-corrected chi connectivity index (χ2v) is 9.48. The first-order valence-electron chi connectivity index (χ1n) is 11.7. The van der Waals surface area contributed by atoms with Crippen LogP contribution in [0.4, 0.5) is 26.3 Å². The molecule has 0 unspecified atom stereocenters. The van der Waals surface area contributed by atoms with E-state index in [-0.39, 0.29) is 23.5 Å². The van der Waals surface area contributed by atoms with Crippen molar-refractivity contribution in [1.82, 2.24) is 10.3 Å². The van der Waals surface area contributed by atoms with Gasteiger partial charge in [0.2, 0.25) is 0 Å². The lowest BCUT2D eigenvalue weighted by Crippen LogP contribution is -2.47. The number of nitrogens with zero attached hydrogens (tertiary/aromatic N) is 1. The van der Waals surface area contributed by atoms with Crippen LogP contribution in [-0.4, -0.2) is 30.1 Å². The van der Waals surface area contributed by atoms with Crippen molar-refractivity contribution in [3.8, 4) is 5.75 Å². The Kier molecular flexibility index (Phi) is 7.33. The molecule has 1 atom stereocenters. The van der Waals surface area contributed by atoms with Gasteiger partial charge in [-0.1, -0.05) is 25.0 Å².